The van der Waals surface area contributed by atoms with Gasteiger partial charge >= 0.3 is 0 Å². The highest BCUT2D eigenvalue weighted by molar-refractivity contribution is 5.19. The molecule has 3 heteroatoms. The lowest BCUT2D eigenvalue weighted by Crippen LogP contribution is -1.85. The molecule has 1 heterocycles. The molecule has 0 aromatic carbocycles. The average Bonchev–Trinajstić information content (AvgIpc) is 2.25. The Kier molecular flexibility index (Phi) is 5.38. The van der Waals surface area contributed by atoms with E-state index in [2.05, 4.69) is 21.8 Å². The number of aromatic nitrogens is 2. The highest BCUT2D eigenvalue weighted by atomic mass is 16.2. The molecule has 0 unspecified atom stereocenters. The van der Waals surface area contributed by atoms with Crippen molar-refractivity contribution in [3.05, 3.63) is 24.3 Å². The standard InChI is InChI=1S/C11H14N2O/c14-10-5-3-1-2-4-7-11-12-8-6-9-13-11/h6,8-9,14H,1-3,5,10H2. The van der Waals surface area contributed by atoms with Crippen LogP contribution in [-0.2, 0) is 0 Å². The van der Waals surface area contributed by atoms with Crippen LogP contribution in [-0.4, -0.2) is 21.7 Å². The molecule has 0 aliphatic carbocycles. The number of hydrogen-bond donors (Lipinski definition) is 1. The van der Waals surface area contributed by atoms with E-state index in [4.69, 9.17) is 5.11 Å². The third-order valence-corrected chi connectivity index (χ3v) is 1.73. The van der Waals surface area contributed by atoms with Crippen LogP contribution in [0.15, 0.2) is 18.5 Å². The van der Waals surface area contributed by atoms with Crippen molar-refractivity contribution in [1.29, 1.82) is 0 Å². The summed E-state index contributed by atoms with van der Waals surface area (Å²) in [5.41, 5.74) is 0. The molecule has 0 amide bonds. The largest absolute Gasteiger partial charge is 0.396 e. The maximum Gasteiger partial charge on any atom is 0.204 e. The summed E-state index contributed by atoms with van der Waals surface area (Å²) in [6.07, 6.45) is 7.13. The maximum absolute atomic E-state index is 8.54. The van der Waals surface area contributed by atoms with Crippen LogP contribution < -0.4 is 0 Å². The molecule has 14 heavy (non-hydrogen) atoms. The quantitative estimate of drug-likeness (QED) is 0.576. The van der Waals surface area contributed by atoms with Crippen LogP contribution in [0.2, 0.25) is 0 Å². The highest BCUT2D eigenvalue weighted by Crippen LogP contribution is 1.97. The topological polar surface area (TPSA) is 46.0 Å². The molecule has 1 rings (SSSR count). The summed E-state index contributed by atoms with van der Waals surface area (Å²) in [5.74, 6) is 6.47. The first kappa shape index (κ1) is 10.7. The van der Waals surface area contributed by atoms with Gasteiger partial charge in [-0.25, -0.2) is 9.97 Å². The fourth-order valence-corrected chi connectivity index (χ4v) is 1.01. The number of rotatable bonds is 4. The molecular formula is C11H14N2O. The Balaban J connectivity index is 2.21. The van der Waals surface area contributed by atoms with Gasteiger partial charge in [0.2, 0.25) is 5.82 Å². The molecule has 0 fully saturated rings. The Morgan fingerprint density at radius 3 is 2.64 bits per heavy atom. The van der Waals surface area contributed by atoms with Crippen molar-refractivity contribution in [3.63, 3.8) is 0 Å². The molecule has 0 atom stereocenters. The SMILES string of the molecule is OCCCCCC#Cc1ncccn1. The predicted molar refractivity (Wildman–Crippen MR) is 54.5 cm³/mol. The van der Waals surface area contributed by atoms with E-state index >= 15 is 0 Å². The lowest BCUT2D eigenvalue weighted by atomic mass is 10.2. The van der Waals surface area contributed by atoms with Crippen LogP contribution in [0.4, 0.5) is 0 Å². The van der Waals surface area contributed by atoms with Crippen LogP contribution in [0.1, 0.15) is 31.5 Å². The van der Waals surface area contributed by atoms with Gasteiger partial charge in [-0.15, -0.1) is 0 Å². The van der Waals surface area contributed by atoms with E-state index in [-0.39, 0.29) is 6.61 Å². The van der Waals surface area contributed by atoms with Gasteiger partial charge in [0.15, 0.2) is 0 Å². The van der Waals surface area contributed by atoms with Gasteiger partial charge in [-0.1, -0.05) is 12.3 Å². The highest BCUT2D eigenvalue weighted by Gasteiger charge is 1.86. The Morgan fingerprint density at radius 1 is 1.14 bits per heavy atom. The Bertz CT molecular complexity index is 300. The first-order valence-electron chi connectivity index (χ1n) is 4.80. The Labute approximate surface area is 84.2 Å². The summed E-state index contributed by atoms with van der Waals surface area (Å²) in [7, 11) is 0. The van der Waals surface area contributed by atoms with Gasteiger partial charge in [-0.2, -0.15) is 0 Å². The lowest BCUT2D eigenvalue weighted by molar-refractivity contribution is 0.283. The average molecular weight is 190 g/mol. The van der Waals surface area contributed by atoms with Gasteiger partial charge in [0.05, 0.1) is 0 Å². The van der Waals surface area contributed by atoms with E-state index in [1.807, 2.05) is 0 Å². The summed E-state index contributed by atoms with van der Waals surface area (Å²) in [6.45, 7) is 0.273. The molecular weight excluding hydrogens is 176 g/mol. The number of nitrogens with zero attached hydrogens (tertiary/aromatic N) is 2. The Morgan fingerprint density at radius 2 is 1.93 bits per heavy atom. The minimum Gasteiger partial charge on any atom is -0.396 e. The number of hydrogen-bond acceptors (Lipinski definition) is 3. The normalized spacial score (nSPS) is 9.21. The van der Waals surface area contributed by atoms with Crippen molar-refractivity contribution in [2.45, 2.75) is 25.7 Å². The summed E-state index contributed by atoms with van der Waals surface area (Å²) in [6, 6.07) is 1.77. The van der Waals surface area contributed by atoms with Crippen LogP contribution in [0.5, 0.6) is 0 Å². The molecule has 0 aliphatic heterocycles. The molecule has 74 valence electrons. The summed E-state index contributed by atoms with van der Waals surface area (Å²) < 4.78 is 0. The lowest BCUT2D eigenvalue weighted by Gasteiger charge is -1.91. The van der Waals surface area contributed by atoms with Crippen molar-refractivity contribution in [1.82, 2.24) is 9.97 Å². The van der Waals surface area contributed by atoms with E-state index in [9.17, 15) is 0 Å². The predicted octanol–water partition coefficient (Wildman–Crippen LogP) is 1.38. The maximum atomic E-state index is 8.54. The fourth-order valence-electron chi connectivity index (χ4n) is 1.01. The monoisotopic (exact) mass is 190 g/mol. The minimum atomic E-state index is 0.273. The molecule has 3 nitrogen and oxygen atoms in total. The zero-order chi connectivity index (χ0) is 10.1. The third-order valence-electron chi connectivity index (χ3n) is 1.73. The van der Waals surface area contributed by atoms with E-state index in [1.165, 1.54) is 0 Å². The van der Waals surface area contributed by atoms with Crippen molar-refractivity contribution in [2.24, 2.45) is 0 Å². The van der Waals surface area contributed by atoms with Gasteiger partial charge in [0.25, 0.3) is 0 Å². The Hall–Kier alpha value is -1.40. The van der Waals surface area contributed by atoms with E-state index in [0.717, 1.165) is 25.7 Å². The second-order valence-electron chi connectivity index (χ2n) is 2.91. The first-order chi connectivity index (χ1) is 6.93. The van der Waals surface area contributed by atoms with Gasteiger partial charge in [-0.05, 0) is 24.8 Å². The number of aliphatic hydroxyl groups is 1. The first-order valence-corrected chi connectivity index (χ1v) is 4.80. The van der Waals surface area contributed by atoms with Crippen molar-refractivity contribution in [3.8, 4) is 11.8 Å². The zero-order valence-electron chi connectivity index (χ0n) is 8.11. The summed E-state index contributed by atoms with van der Waals surface area (Å²) >= 11 is 0. The molecule has 1 N–H and O–H groups in total. The molecule has 0 spiro atoms. The van der Waals surface area contributed by atoms with E-state index < -0.39 is 0 Å². The minimum absolute atomic E-state index is 0.273. The molecule has 0 radical (unpaired) electrons. The van der Waals surface area contributed by atoms with Crippen LogP contribution in [0.25, 0.3) is 0 Å². The van der Waals surface area contributed by atoms with E-state index in [1.54, 1.807) is 18.5 Å². The molecule has 0 saturated carbocycles. The molecule has 0 bridgehead atoms. The van der Waals surface area contributed by atoms with Gasteiger partial charge < -0.3 is 5.11 Å². The van der Waals surface area contributed by atoms with Crippen LogP contribution >= 0.6 is 0 Å². The van der Waals surface area contributed by atoms with Crippen molar-refractivity contribution < 1.29 is 5.11 Å². The van der Waals surface area contributed by atoms with Gasteiger partial charge in [-0.3, -0.25) is 0 Å². The van der Waals surface area contributed by atoms with Gasteiger partial charge in [0, 0.05) is 25.4 Å². The second-order valence-corrected chi connectivity index (χ2v) is 2.91. The molecule has 1 aromatic rings. The molecule has 1 aromatic heterocycles. The second kappa shape index (κ2) is 7.05. The van der Waals surface area contributed by atoms with Crippen molar-refractivity contribution >= 4 is 0 Å². The molecule has 0 aliphatic rings. The van der Waals surface area contributed by atoms with Crippen LogP contribution in [0, 0.1) is 11.8 Å². The van der Waals surface area contributed by atoms with E-state index in [0.29, 0.717) is 5.82 Å². The summed E-state index contributed by atoms with van der Waals surface area (Å²) in [4.78, 5) is 7.98. The number of aliphatic hydroxyl groups excluding tert-OH is 1. The molecule has 0 saturated heterocycles. The number of unbranched alkanes of at least 4 members (excludes halogenated alkanes) is 3. The smallest absolute Gasteiger partial charge is 0.204 e. The van der Waals surface area contributed by atoms with Crippen molar-refractivity contribution in [2.75, 3.05) is 6.61 Å². The fraction of sp³-hybridized carbons (Fsp3) is 0.455. The zero-order valence-corrected chi connectivity index (χ0v) is 8.11. The van der Waals surface area contributed by atoms with Gasteiger partial charge in [0.1, 0.15) is 0 Å². The third kappa shape index (κ3) is 4.58. The van der Waals surface area contributed by atoms with Crippen LogP contribution in [0.3, 0.4) is 0 Å². The summed E-state index contributed by atoms with van der Waals surface area (Å²) in [5, 5.41) is 8.54.